The van der Waals surface area contributed by atoms with Gasteiger partial charge in [-0.25, -0.2) is 22.6 Å². The molecule has 2 heterocycles. The molecule has 3 fully saturated rings. The van der Waals surface area contributed by atoms with Gasteiger partial charge in [0.1, 0.15) is 22.5 Å². The summed E-state index contributed by atoms with van der Waals surface area (Å²) >= 11 is 1.28. The third kappa shape index (κ3) is 6.80. The van der Waals surface area contributed by atoms with E-state index in [0.29, 0.717) is 36.4 Å². The van der Waals surface area contributed by atoms with Gasteiger partial charge in [-0.15, -0.1) is 11.3 Å². The Labute approximate surface area is 270 Å². The van der Waals surface area contributed by atoms with Crippen molar-refractivity contribution in [2.24, 2.45) is 17.8 Å². The molecule has 3 aliphatic carbocycles. The van der Waals surface area contributed by atoms with E-state index in [9.17, 15) is 32.0 Å². The Morgan fingerprint density at radius 1 is 1.17 bits per heavy atom. The lowest BCUT2D eigenvalue weighted by Gasteiger charge is -2.26. The predicted molar refractivity (Wildman–Crippen MR) is 167 cm³/mol. The number of benzene rings is 1. The SMILES string of the molecule is CN1CCCC/C=C/C2CC2(C(=O)NS(=O)(=O)C2CC2)NC(=O)C2CC(OC(=O)Nc3ccc(F)cc3-c3nccs3)CC2C1=O. The van der Waals surface area contributed by atoms with Gasteiger partial charge in [-0.05, 0) is 69.6 Å². The molecule has 6 rings (SSSR count). The molecule has 0 bridgehead atoms. The van der Waals surface area contributed by atoms with Crippen molar-refractivity contribution in [1.29, 1.82) is 0 Å². The number of amides is 4. The average Bonchev–Trinajstić information content (AvgIpc) is 3.87. The number of halogens is 1. The van der Waals surface area contributed by atoms with E-state index in [1.807, 2.05) is 12.2 Å². The van der Waals surface area contributed by atoms with Crippen molar-refractivity contribution in [3.63, 3.8) is 0 Å². The maximum absolute atomic E-state index is 14.0. The van der Waals surface area contributed by atoms with Crippen LogP contribution in [0.2, 0.25) is 0 Å². The molecule has 3 saturated carbocycles. The highest BCUT2D eigenvalue weighted by atomic mass is 32.2. The van der Waals surface area contributed by atoms with E-state index in [1.54, 1.807) is 23.5 Å². The molecule has 4 aliphatic rings. The molecule has 1 aliphatic heterocycles. The van der Waals surface area contributed by atoms with Gasteiger partial charge < -0.3 is 15.0 Å². The van der Waals surface area contributed by atoms with Crippen LogP contribution in [0.5, 0.6) is 0 Å². The number of anilines is 1. The van der Waals surface area contributed by atoms with Crippen LogP contribution < -0.4 is 15.4 Å². The maximum atomic E-state index is 14.0. The van der Waals surface area contributed by atoms with Crippen LogP contribution in [0.3, 0.4) is 0 Å². The lowest BCUT2D eigenvalue weighted by molar-refractivity contribution is -0.140. The van der Waals surface area contributed by atoms with Crippen LogP contribution in [0.15, 0.2) is 41.9 Å². The Morgan fingerprint density at radius 2 is 1.96 bits per heavy atom. The van der Waals surface area contributed by atoms with Crippen LogP contribution in [0.25, 0.3) is 10.6 Å². The van der Waals surface area contributed by atoms with Crippen molar-refractivity contribution in [2.75, 3.05) is 18.9 Å². The average molecular weight is 674 g/mol. The molecule has 0 spiro atoms. The molecule has 15 heteroatoms. The molecule has 4 amide bonds. The molecule has 2 aromatic rings. The highest BCUT2D eigenvalue weighted by molar-refractivity contribution is 7.91. The fourth-order valence-electron chi connectivity index (χ4n) is 6.34. The number of thiazole rings is 1. The van der Waals surface area contributed by atoms with Gasteiger partial charge in [0.15, 0.2) is 0 Å². The number of nitrogens with zero attached hydrogens (tertiary/aromatic N) is 2. The summed E-state index contributed by atoms with van der Waals surface area (Å²) < 4.78 is 47.1. The number of aromatic nitrogens is 1. The van der Waals surface area contributed by atoms with Gasteiger partial charge >= 0.3 is 6.09 Å². The third-order valence-corrected chi connectivity index (χ3v) is 11.8. The minimum atomic E-state index is -3.85. The number of sulfonamides is 1. The summed E-state index contributed by atoms with van der Waals surface area (Å²) in [6.07, 6.45) is 7.22. The molecule has 0 radical (unpaired) electrons. The molecule has 1 aromatic heterocycles. The molecule has 246 valence electrons. The van der Waals surface area contributed by atoms with Crippen molar-refractivity contribution < 1.29 is 36.7 Å². The third-order valence-electron chi connectivity index (χ3n) is 9.15. The van der Waals surface area contributed by atoms with Gasteiger partial charge in [-0.3, -0.25) is 24.4 Å². The first-order valence-corrected chi connectivity index (χ1v) is 17.9. The van der Waals surface area contributed by atoms with Gasteiger partial charge in [0, 0.05) is 36.7 Å². The fourth-order valence-corrected chi connectivity index (χ4v) is 8.37. The zero-order valence-electron chi connectivity index (χ0n) is 25.2. The normalized spacial score (nSPS) is 29.0. The summed E-state index contributed by atoms with van der Waals surface area (Å²) in [5.41, 5.74) is -0.791. The Morgan fingerprint density at radius 3 is 2.70 bits per heavy atom. The van der Waals surface area contributed by atoms with Crippen LogP contribution in [0.1, 0.15) is 51.4 Å². The molecule has 3 N–H and O–H groups in total. The second kappa shape index (κ2) is 12.7. The van der Waals surface area contributed by atoms with Crippen molar-refractivity contribution in [3.8, 4) is 10.6 Å². The van der Waals surface area contributed by atoms with Crippen LogP contribution in [-0.2, 0) is 29.1 Å². The summed E-state index contributed by atoms with van der Waals surface area (Å²) in [6, 6.07) is 3.86. The number of allylic oxidation sites excluding steroid dienone is 1. The highest BCUT2D eigenvalue weighted by Crippen LogP contribution is 2.47. The molecule has 5 unspecified atom stereocenters. The van der Waals surface area contributed by atoms with Crippen LogP contribution in [-0.4, -0.2) is 72.6 Å². The number of hydrogen-bond acceptors (Lipinski definition) is 9. The van der Waals surface area contributed by atoms with Crippen LogP contribution >= 0.6 is 11.3 Å². The van der Waals surface area contributed by atoms with E-state index >= 15 is 0 Å². The fraction of sp³-hybridized carbons (Fsp3) is 0.516. The zero-order valence-corrected chi connectivity index (χ0v) is 26.9. The molecule has 12 nitrogen and oxygen atoms in total. The number of fused-ring (bicyclic) bond motifs is 2. The van der Waals surface area contributed by atoms with Gasteiger partial charge in [-0.2, -0.15) is 0 Å². The Hall–Kier alpha value is -3.85. The summed E-state index contributed by atoms with van der Waals surface area (Å²) in [6.45, 7) is 0.489. The summed E-state index contributed by atoms with van der Waals surface area (Å²) in [5.74, 6) is -4.28. The molecule has 46 heavy (non-hydrogen) atoms. The molecular weight excluding hydrogens is 638 g/mol. The van der Waals surface area contributed by atoms with Crippen molar-refractivity contribution in [1.82, 2.24) is 19.9 Å². The number of nitrogens with one attached hydrogen (secondary N) is 3. The summed E-state index contributed by atoms with van der Waals surface area (Å²) in [4.78, 5) is 59.7. The van der Waals surface area contributed by atoms with Crippen LogP contribution in [0, 0.1) is 23.6 Å². The smallest absolute Gasteiger partial charge is 0.411 e. The van der Waals surface area contributed by atoms with Crippen molar-refractivity contribution >= 4 is 50.9 Å². The predicted octanol–water partition coefficient (Wildman–Crippen LogP) is 3.57. The number of hydrogen-bond donors (Lipinski definition) is 3. The van der Waals surface area contributed by atoms with Crippen molar-refractivity contribution in [3.05, 3.63) is 47.7 Å². The van der Waals surface area contributed by atoms with E-state index in [0.717, 1.165) is 12.8 Å². The molecule has 1 aromatic carbocycles. The first-order valence-electron chi connectivity index (χ1n) is 15.4. The number of ether oxygens (including phenoxy) is 1. The number of carbonyl (C=O) groups is 4. The Kier molecular flexibility index (Phi) is 8.89. The minimum Gasteiger partial charge on any atom is -0.446 e. The highest BCUT2D eigenvalue weighted by Gasteiger charge is 2.62. The van der Waals surface area contributed by atoms with Crippen LogP contribution in [0.4, 0.5) is 14.9 Å². The first-order chi connectivity index (χ1) is 22.0. The number of carbonyl (C=O) groups excluding carboxylic acids is 4. The minimum absolute atomic E-state index is 0.0187. The standard InChI is InChI=1S/C31H36FN5O7S2/c1-37-12-5-3-2-4-6-18-17-31(18,29(40)36-46(42,43)21-8-9-21)35-26(38)22-15-20(16-23(22)28(37)39)44-30(41)34-25-10-7-19(32)14-24(25)27-33-11-13-45-27/h4,6-7,10-11,13-14,18,20-23H,2-3,5,8-9,12,15-17H2,1H3,(H,34,41)(H,35,38)(H,36,40)/b6-4+. The lowest BCUT2D eigenvalue weighted by Crippen LogP contribution is -2.54. The summed E-state index contributed by atoms with van der Waals surface area (Å²) in [7, 11) is -2.18. The van der Waals surface area contributed by atoms with E-state index in [4.69, 9.17) is 4.74 Å². The summed E-state index contributed by atoms with van der Waals surface area (Å²) in [5, 5.41) is 7.07. The Bertz CT molecular complexity index is 1660. The van der Waals surface area contributed by atoms with Gasteiger partial charge in [-0.1, -0.05) is 12.2 Å². The van der Waals surface area contributed by atoms with E-state index < -0.39 is 68.4 Å². The molecular formula is C31H36FN5O7S2. The van der Waals surface area contributed by atoms with Gasteiger partial charge in [0.05, 0.1) is 22.8 Å². The lowest BCUT2D eigenvalue weighted by atomic mass is 9.93. The Balaban J connectivity index is 1.20. The quantitative estimate of drug-likeness (QED) is 0.392. The molecule has 0 saturated heterocycles. The van der Waals surface area contributed by atoms with Gasteiger partial charge in [0.25, 0.3) is 5.91 Å². The molecule has 5 atom stereocenters. The monoisotopic (exact) mass is 673 g/mol. The van der Waals surface area contributed by atoms with E-state index in [-0.39, 0.29) is 30.9 Å². The van der Waals surface area contributed by atoms with Crippen molar-refractivity contribution in [2.45, 2.75) is 68.3 Å². The zero-order chi connectivity index (χ0) is 32.6. The van der Waals surface area contributed by atoms with E-state index in [1.165, 1.54) is 29.5 Å². The second-order valence-corrected chi connectivity index (χ2v) is 15.3. The van der Waals surface area contributed by atoms with E-state index in [2.05, 4.69) is 20.3 Å². The number of rotatable bonds is 6. The maximum Gasteiger partial charge on any atom is 0.411 e. The van der Waals surface area contributed by atoms with Gasteiger partial charge in [0.2, 0.25) is 21.8 Å². The first kappa shape index (κ1) is 32.1. The largest absolute Gasteiger partial charge is 0.446 e. The topological polar surface area (TPSA) is 164 Å². The second-order valence-electron chi connectivity index (χ2n) is 12.5.